The number of aryl methyl sites for hydroxylation is 1. The standard InChI is InChI=1S/C15H18N2O3S/c1-3-19-13(18)8-9-20-12-6-4-11(5-7-12)14-10(2)21-15(16)17-14/h4-7H,3,8-9H2,1-2H3,(H2,16,17). The number of esters is 1. The number of nitrogen functional groups attached to an aromatic ring is 1. The van der Waals surface area contributed by atoms with Gasteiger partial charge < -0.3 is 15.2 Å². The molecule has 0 aliphatic rings. The Morgan fingerprint density at radius 3 is 2.62 bits per heavy atom. The maximum atomic E-state index is 11.2. The minimum Gasteiger partial charge on any atom is -0.493 e. The quantitative estimate of drug-likeness (QED) is 0.830. The van der Waals surface area contributed by atoms with E-state index in [1.54, 1.807) is 6.92 Å². The summed E-state index contributed by atoms with van der Waals surface area (Å²) in [5, 5.41) is 0.567. The van der Waals surface area contributed by atoms with Crippen LogP contribution < -0.4 is 10.5 Å². The molecule has 0 saturated carbocycles. The molecule has 0 atom stereocenters. The zero-order valence-electron chi connectivity index (χ0n) is 12.1. The number of aromatic nitrogens is 1. The first kappa shape index (κ1) is 15.3. The molecule has 112 valence electrons. The van der Waals surface area contributed by atoms with Gasteiger partial charge in [0.2, 0.25) is 0 Å². The van der Waals surface area contributed by atoms with Crippen LogP contribution in [0, 0.1) is 6.92 Å². The third-order valence-electron chi connectivity index (χ3n) is 2.82. The molecule has 21 heavy (non-hydrogen) atoms. The van der Waals surface area contributed by atoms with E-state index in [0.717, 1.165) is 16.1 Å². The van der Waals surface area contributed by atoms with Gasteiger partial charge in [0.1, 0.15) is 5.75 Å². The van der Waals surface area contributed by atoms with E-state index in [4.69, 9.17) is 15.2 Å². The predicted octanol–water partition coefficient (Wildman–Crippen LogP) is 3.03. The fourth-order valence-electron chi connectivity index (χ4n) is 1.88. The molecule has 0 aliphatic carbocycles. The van der Waals surface area contributed by atoms with Crippen molar-refractivity contribution in [2.24, 2.45) is 0 Å². The first-order valence-corrected chi connectivity index (χ1v) is 7.53. The summed E-state index contributed by atoms with van der Waals surface area (Å²) in [5.74, 6) is 0.464. The molecule has 2 N–H and O–H groups in total. The second-order valence-corrected chi connectivity index (χ2v) is 5.62. The van der Waals surface area contributed by atoms with Gasteiger partial charge in [0.25, 0.3) is 0 Å². The minimum atomic E-state index is -0.248. The van der Waals surface area contributed by atoms with Gasteiger partial charge in [-0.25, -0.2) is 4.98 Å². The lowest BCUT2D eigenvalue weighted by molar-refractivity contribution is -0.143. The lowest BCUT2D eigenvalue weighted by Gasteiger charge is -2.06. The molecule has 2 rings (SSSR count). The summed E-state index contributed by atoms with van der Waals surface area (Å²) in [4.78, 5) is 16.6. The van der Waals surface area contributed by atoms with E-state index in [1.165, 1.54) is 11.3 Å². The highest BCUT2D eigenvalue weighted by molar-refractivity contribution is 7.15. The van der Waals surface area contributed by atoms with Gasteiger partial charge in [-0.3, -0.25) is 4.79 Å². The van der Waals surface area contributed by atoms with Crippen LogP contribution >= 0.6 is 11.3 Å². The van der Waals surface area contributed by atoms with Gasteiger partial charge in [0.05, 0.1) is 25.3 Å². The summed E-state index contributed by atoms with van der Waals surface area (Å²) in [6.07, 6.45) is 0.247. The number of ether oxygens (including phenoxy) is 2. The highest BCUT2D eigenvalue weighted by Crippen LogP contribution is 2.29. The summed E-state index contributed by atoms with van der Waals surface area (Å²) in [7, 11) is 0. The van der Waals surface area contributed by atoms with Crippen LogP contribution in [0.1, 0.15) is 18.2 Å². The van der Waals surface area contributed by atoms with Crippen molar-refractivity contribution in [2.75, 3.05) is 18.9 Å². The topological polar surface area (TPSA) is 74.4 Å². The number of hydrogen-bond donors (Lipinski definition) is 1. The molecule has 5 nitrogen and oxygen atoms in total. The molecule has 0 amide bonds. The SMILES string of the molecule is CCOC(=O)CCOc1ccc(-c2nc(N)sc2C)cc1. The summed E-state index contributed by atoms with van der Waals surface area (Å²) in [5.41, 5.74) is 7.60. The molecular weight excluding hydrogens is 288 g/mol. The first-order valence-electron chi connectivity index (χ1n) is 6.72. The maximum Gasteiger partial charge on any atom is 0.309 e. The Balaban J connectivity index is 1.93. The molecule has 2 aromatic rings. The molecule has 0 fully saturated rings. The number of rotatable bonds is 6. The van der Waals surface area contributed by atoms with E-state index in [1.807, 2.05) is 31.2 Å². The maximum absolute atomic E-state index is 11.2. The largest absolute Gasteiger partial charge is 0.493 e. The minimum absolute atomic E-state index is 0.247. The van der Waals surface area contributed by atoms with Crippen LogP contribution in [0.4, 0.5) is 5.13 Å². The summed E-state index contributed by atoms with van der Waals surface area (Å²) < 4.78 is 10.3. The van der Waals surface area contributed by atoms with Crippen LogP contribution in [0.15, 0.2) is 24.3 Å². The fraction of sp³-hybridized carbons (Fsp3) is 0.333. The first-order chi connectivity index (χ1) is 10.1. The normalized spacial score (nSPS) is 10.4. The van der Waals surface area contributed by atoms with Crippen molar-refractivity contribution >= 4 is 22.4 Å². The van der Waals surface area contributed by atoms with E-state index >= 15 is 0 Å². The Hall–Kier alpha value is -2.08. The summed E-state index contributed by atoms with van der Waals surface area (Å²) in [6.45, 7) is 4.47. The smallest absolute Gasteiger partial charge is 0.309 e. The molecule has 0 radical (unpaired) electrons. The van der Waals surface area contributed by atoms with Crippen molar-refractivity contribution in [1.82, 2.24) is 4.98 Å². The summed E-state index contributed by atoms with van der Waals surface area (Å²) in [6, 6.07) is 7.58. The van der Waals surface area contributed by atoms with Crippen LogP contribution in [-0.2, 0) is 9.53 Å². The average Bonchev–Trinajstić information content (AvgIpc) is 2.79. The number of carbonyl (C=O) groups excluding carboxylic acids is 1. The number of hydrogen-bond acceptors (Lipinski definition) is 6. The lowest BCUT2D eigenvalue weighted by atomic mass is 10.1. The monoisotopic (exact) mass is 306 g/mol. The van der Waals surface area contributed by atoms with Crippen LogP contribution in [-0.4, -0.2) is 24.2 Å². The Morgan fingerprint density at radius 1 is 1.33 bits per heavy atom. The second kappa shape index (κ2) is 7.08. The molecular formula is C15H18N2O3S. The van der Waals surface area contributed by atoms with Gasteiger partial charge in [-0.15, -0.1) is 11.3 Å². The third kappa shape index (κ3) is 4.19. The van der Waals surface area contributed by atoms with Gasteiger partial charge in [-0.2, -0.15) is 0 Å². The average molecular weight is 306 g/mol. The molecule has 0 saturated heterocycles. The molecule has 0 unspecified atom stereocenters. The van der Waals surface area contributed by atoms with Crippen molar-refractivity contribution in [3.8, 4) is 17.0 Å². The van der Waals surface area contributed by atoms with Crippen molar-refractivity contribution in [1.29, 1.82) is 0 Å². The van der Waals surface area contributed by atoms with Gasteiger partial charge in [0.15, 0.2) is 5.13 Å². The van der Waals surface area contributed by atoms with E-state index in [-0.39, 0.29) is 12.4 Å². The Kier molecular flexibility index (Phi) is 5.16. The van der Waals surface area contributed by atoms with E-state index in [2.05, 4.69) is 4.98 Å². The molecule has 6 heteroatoms. The highest BCUT2D eigenvalue weighted by atomic mass is 32.1. The van der Waals surface area contributed by atoms with Gasteiger partial charge >= 0.3 is 5.97 Å². The lowest BCUT2D eigenvalue weighted by Crippen LogP contribution is -2.09. The van der Waals surface area contributed by atoms with Gasteiger partial charge in [-0.05, 0) is 38.1 Å². The molecule has 0 bridgehead atoms. The van der Waals surface area contributed by atoms with Crippen LogP contribution in [0.2, 0.25) is 0 Å². The van der Waals surface area contributed by atoms with Crippen LogP contribution in [0.25, 0.3) is 11.3 Å². The zero-order chi connectivity index (χ0) is 15.2. The van der Waals surface area contributed by atoms with Crippen molar-refractivity contribution < 1.29 is 14.3 Å². The van der Waals surface area contributed by atoms with Crippen molar-refractivity contribution in [3.63, 3.8) is 0 Å². The van der Waals surface area contributed by atoms with Crippen LogP contribution in [0.5, 0.6) is 5.75 Å². The molecule has 1 aromatic heterocycles. The number of benzene rings is 1. The third-order valence-corrected chi connectivity index (χ3v) is 3.62. The molecule has 0 aliphatic heterocycles. The number of nitrogens with zero attached hydrogens (tertiary/aromatic N) is 1. The van der Waals surface area contributed by atoms with E-state index in [9.17, 15) is 4.79 Å². The highest BCUT2D eigenvalue weighted by Gasteiger charge is 2.08. The van der Waals surface area contributed by atoms with Crippen LogP contribution in [0.3, 0.4) is 0 Å². The number of thiazole rings is 1. The molecule has 1 heterocycles. The van der Waals surface area contributed by atoms with E-state index < -0.39 is 0 Å². The Bertz CT molecular complexity index is 608. The fourth-order valence-corrected chi connectivity index (χ4v) is 2.59. The zero-order valence-corrected chi connectivity index (χ0v) is 12.9. The Morgan fingerprint density at radius 2 is 2.05 bits per heavy atom. The van der Waals surface area contributed by atoms with Crippen molar-refractivity contribution in [3.05, 3.63) is 29.1 Å². The number of nitrogens with two attached hydrogens (primary N) is 1. The Labute approximate surface area is 127 Å². The van der Waals surface area contributed by atoms with Crippen molar-refractivity contribution in [2.45, 2.75) is 20.3 Å². The second-order valence-electron chi connectivity index (χ2n) is 4.38. The van der Waals surface area contributed by atoms with Gasteiger partial charge in [0, 0.05) is 10.4 Å². The predicted molar refractivity (Wildman–Crippen MR) is 83.4 cm³/mol. The number of carbonyl (C=O) groups is 1. The van der Waals surface area contributed by atoms with E-state index in [0.29, 0.717) is 24.1 Å². The number of anilines is 1. The molecule has 1 aromatic carbocycles. The summed E-state index contributed by atoms with van der Waals surface area (Å²) >= 11 is 1.47. The molecule has 0 spiro atoms. The van der Waals surface area contributed by atoms with Gasteiger partial charge in [-0.1, -0.05) is 0 Å².